The fourth-order valence-corrected chi connectivity index (χ4v) is 3.03. The Balaban J connectivity index is 2.18. The van der Waals surface area contributed by atoms with Gasteiger partial charge in [0.2, 0.25) is 0 Å². The number of hydrogen-bond donors (Lipinski definition) is 0. The second-order valence-corrected chi connectivity index (χ2v) is 5.68. The second kappa shape index (κ2) is 8.88. The van der Waals surface area contributed by atoms with E-state index >= 15 is 0 Å². The van der Waals surface area contributed by atoms with Gasteiger partial charge in [0.05, 0.1) is 13.2 Å². The molecule has 2 aromatic rings. The molecule has 0 spiro atoms. The lowest BCUT2D eigenvalue weighted by Crippen LogP contribution is -1.96. The monoisotopic (exact) mass is 304 g/mol. The van der Waals surface area contributed by atoms with Crippen LogP contribution in [0.2, 0.25) is 0 Å². The van der Waals surface area contributed by atoms with Crippen LogP contribution in [-0.2, 0) is 22.7 Å². The zero-order valence-electron chi connectivity index (χ0n) is 12.7. The highest BCUT2D eigenvalue weighted by atomic mass is 32.2. The van der Waals surface area contributed by atoms with Crippen molar-refractivity contribution in [2.45, 2.75) is 36.9 Å². The van der Waals surface area contributed by atoms with Crippen LogP contribution < -0.4 is 0 Å². The van der Waals surface area contributed by atoms with Crippen molar-refractivity contribution in [2.24, 2.45) is 0 Å². The molecular formula is C18H22O2S. The summed E-state index contributed by atoms with van der Waals surface area (Å²) in [6.45, 7) is 6.83. The summed E-state index contributed by atoms with van der Waals surface area (Å²) in [7, 11) is 0. The van der Waals surface area contributed by atoms with E-state index in [0.717, 1.165) is 13.2 Å². The molecule has 0 saturated carbocycles. The average molecular weight is 304 g/mol. The van der Waals surface area contributed by atoms with Gasteiger partial charge in [0.15, 0.2) is 0 Å². The third kappa shape index (κ3) is 4.88. The van der Waals surface area contributed by atoms with Crippen LogP contribution in [-0.4, -0.2) is 13.2 Å². The van der Waals surface area contributed by atoms with Crippen LogP contribution in [0.1, 0.15) is 25.0 Å². The highest BCUT2D eigenvalue weighted by Gasteiger charge is 2.07. The van der Waals surface area contributed by atoms with Crippen LogP contribution in [0.15, 0.2) is 58.3 Å². The number of rotatable bonds is 8. The topological polar surface area (TPSA) is 18.5 Å². The SMILES string of the molecule is C[13CH2]OCc1ccccc1Sc1ccccc1CO[13CH2]C. The Morgan fingerprint density at radius 3 is 1.57 bits per heavy atom. The van der Waals surface area contributed by atoms with Gasteiger partial charge in [0.25, 0.3) is 0 Å². The van der Waals surface area contributed by atoms with Crippen LogP contribution >= 0.6 is 11.8 Å². The molecule has 2 aromatic carbocycles. The number of ether oxygens (including phenoxy) is 2. The Bertz CT molecular complexity index is 505. The highest BCUT2D eigenvalue weighted by molar-refractivity contribution is 7.99. The lowest BCUT2D eigenvalue weighted by molar-refractivity contribution is 0.132. The lowest BCUT2D eigenvalue weighted by Gasteiger charge is -2.12. The zero-order valence-corrected chi connectivity index (χ0v) is 13.5. The van der Waals surface area contributed by atoms with Crippen molar-refractivity contribution >= 4 is 11.8 Å². The van der Waals surface area contributed by atoms with Gasteiger partial charge in [-0.25, -0.2) is 0 Å². The van der Waals surface area contributed by atoms with Gasteiger partial charge in [0, 0.05) is 23.0 Å². The molecule has 0 aromatic heterocycles. The predicted molar refractivity (Wildman–Crippen MR) is 87.7 cm³/mol. The molecule has 0 heterocycles. The Kier molecular flexibility index (Phi) is 6.80. The number of hydrogen-bond acceptors (Lipinski definition) is 3. The molecular weight excluding hydrogens is 282 g/mol. The van der Waals surface area contributed by atoms with Gasteiger partial charge in [-0.15, -0.1) is 0 Å². The first kappa shape index (κ1) is 16.1. The molecule has 0 fully saturated rings. The van der Waals surface area contributed by atoms with Crippen LogP contribution in [0.5, 0.6) is 0 Å². The van der Waals surface area contributed by atoms with Gasteiger partial charge in [0.1, 0.15) is 0 Å². The van der Waals surface area contributed by atoms with Crippen molar-refractivity contribution in [1.82, 2.24) is 0 Å². The lowest BCUT2D eigenvalue weighted by atomic mass is 10.2. The standard InChI is InChI=1S/C18H22O2S/c1-3-19-13-15-9-5-7-11-17(15)21-18-12-8-6-10-16(18)14-20-4-2/h5-12H,3-4,13-14H2,1-2H3/i3+1,4+1. The minimum Gasteiger partial charge on any atom is -0.377 e. The molecule has 0 radical (unpaired) electrons. The van der Waals surface area contributed by atoms with Crippen molar-refractivity contribution in [3.63, 3.8) is 0 Å². The quantitative estimate of drug-likeness (QED) is 0.646. The van der Waals surface area contributed by atoms with Crippen LogP contribution in [0.3, 0.4) is 0 Å². The Morgan fingerprint density at radius 1 is 0.714 bits per heavy atom. The summed E-state index contributed by atoms with van der Waals surface area (Å²) in [6, 6.07) is 16.8. The summed E-state index contributed by atoms with van der Waals surface area (Å²) in [5.41, 5.74) is 2.46. The van der Waals surface area contributed by atoms with E-state index in [-0.39, 0.29) is 0 Å². The molecule has 0 aliphatic carbocycles. The maximum absolute atomic E-state index is 5.56. The molecule has 2 nitrogen and oxygen atoms in total. The van der Waals surface area contributed by atoms with E-state index in [1.165, 1.54) is 20.9 Å². The number of benzene rings is 2. The van der Waals surface area contributed by atoms with E-state index < -0.39 is 0 Å². The molecule has 0 atom stereocenters. The minimum absolute atomic E-state index is 0.660. The van der Waals surface area contributed by atoms with Crippen LogP contribution in [0.25, 0.3) is 0 Å². The first-order valence-electron chi connectivity index (χ1n) is 7.34. The molecule has 0 saturated heterocycles. The Hall–Kier alpha value is -1.29. The first-order valence-corrected chi connectivity index (χ1v) is 8.16. The molecule has 112 valence electrons. The highest BCUT2D eigenvalue weighted by Crippen LogP contribution is 2.33. The Labute approximate surface area is 131 Å². The molecule has 21 heavy (non-hydrogen) atoms. The van der Waals surface area contributed by atoms with E-state index in [1.54, 1.807) is 11.8 Å². The second-order valence-electron chi connectivity index (χ2n) is 4.59. The van der Waals surface area contributed by atoms with Crippen molar-refractivity contribution in [3.05, 3.63) is 59.7 Å². The molecule has 0 bridgehead atoms. The first-order chi connectivity index (χ1) is 10.3. The van der Waals surface area contributed by atoms with Crippen LogP contribution in [0, 0.1) is 0 Å². The summed E-state index contributed by atoms with van der Waals surface area (Å²) in [4.78, 5) is 2.49. The van der Waals surface area contributed by atoms with Crippen LogP contribution in [0.4, 0.5) is 0 Å². The van der Waals surface area contributed by atoms with E-state index in [9.17, 15) is 0 Å². The fourth-order valence-electron chi connectivity index (χ4n) is 1.99. The summed E-state index contributed by atoms with van der Waals surface area (Å²) < 4.78 is 11.1. The van der Waals surface area contributed by atoms with Crippen molar-refractivity contribution in [2.75, 3.05) is 13.2 Å². The van der Waals surface area contributed by atoms with Gasteiger partial charge < -0.3 is 9.47 Å². The van der Waals surface area contributed by atoms with Crippen molar-refractivity contribution in [3.8, 4) is 0 Å². The van der Waals surface area contributed by atoms with Gasteiger partial charge in [-0.1, -0.05) is 48.2 Å². The summed E-state index contributed by atoms with van der Waals surface area (Å²) in [5.74, 6) is 0. The molecule has 2 rings (SSSR count). The fraction of sp³-hybridized carbons (Fsp3) is 0.333. The minimum atomic E-state index is 0.660. The smallest absolute Gasteiger partial charge is 0.0727 e. The molecule has 3 heteroatoms. The summed E-state index contributed by atoms with van der Waals surface area (Å²) >= 11 is 1.78. The maximum Gasteiger partial charge on any atom is 0.0727 e. The molecule has 0 aliphatic rings. The van der Waals surface area contributed by atoms with Gasteiger partial charge in [-0.05, 0) is 37.1 Å². The normalized spacial score (nSPS) is 10.8. The molecule has 0 aliphatic heterocycles. The zero-order chi connectivity index (χ0) is 14.9. The summed E-state index contributed by atoms with van der Waals surface area (Å²) in [5, 5.41) is 0. The van der Waals surface area contributed by atoms with E-state index in [1.807, 2.05) is 13.8 Å². The van der Waals surface area contributed by atoms with E-state index in [0.29, 0.717) is 13.2 Å². The third-order valence-electron chi connectivity index (χ3n) is 3.09. The van der Waals surface area contributed by atoms with E-state index in [2.05, 4.69) is 48.5 Å². The third-order valence-corrected chi connectivity index (χ3v) is 4.32. The summed E-state index contributed by atoms with van der Waals surface area (Å²) in [6.07, 6.45) is 0. The largest absolute Gasteiger partial charge is 0.377 e. The van der Waals surface area contributed by atoms with Crippen molar-refractivity contribution in [1.29, 1.82) is 0 Å². The van der Waals surface area contributed by atoms with Gasteiger partial charge in [-0.2, -0.15) is 0 Å². The van der Waals surface area contributed by atoms with Crippen molar-refractivity contribution < 1.29 is 9.47 Å². The molecule has 0 amide bonds. The maximum atomic E-state index is 5.56. The van der Waals surface area contributed by atoms with E-state index in [4.69, 9.17) is 9.47 Å². The average Bonchev–Trinajstić information content (AvgIpc) is 2.53. The van der Waals surface area contributed by atoms with Gasteiger partial charge in [-0.3, -0.25) is 0 Å². The van der Waals surface area contributed by atoms with Gasteiger partial charge >= 0.3 is 0 Å². The Morgan fingerprint density at radius 2 is 1.14 bits per heavy atom. The molecule has 0 unspecified atom stereocenters. The predicted octanol–water partition coefficient (Wildman–Crippen LogP) is 4.91. The molecule has 0 N–H and O–H groups in total.